The predicted octanol–water partition coefficient (Wildman–Crippen LogP) is 3.60. The molecule has 2 N–H and O–H groups in total. The van der Waals surface area contributed by atoms with Crippen LogP contribution in [0.25, 0.3) is 11.9 Å². The summed E-state index contributed by atoms with van der Waals surface area (Å²) in [5.74, 6) is 0.751. The van der Waals surface area contributed by atoms with E-state index in [1.807, 2.05) is 0 Å². The first-order chi connectivity index (χ1) is 16.0. The molecule has 180 valence electrons. The Balaban J connectivity index is 1.92. The number of benzene rings is 1. The van der Waals surface area contributed by atoms with Crippen LogP contribution in [0.1, 0.15) is 23.7 Å². The van der Waals surface area contributed by atoms with E-state index in [0.717, 1.165) is 18.3 Å². The zero-order chi connectivity index (χ0) is 24.9. The lowest BCUT2D eigenvalue weighted by atomic mass is 9.85. The van der Waals surface area contributed by atoms with Crippen molar-refractivity contribution in [2.75, 3.05) is 19.8 Å². The number of aliphatic imine (C=N–C) groups is 1. The van der Waals surface area contributed by atoms with Crippen molar-refractivity contribution in [2.45, 2.75) is 24.7 Å². The lowest BCUT2D eigenvalue weighted by molar-refractivity contribution is -0.197. The van der Waals surface area contributed by atoms with Gasteiger partial charge in [0, 0.05) is 5.56 Å². The number of nitrogens with zero attached hydrogens (tertiary/aromatic N) is 3. The highest BCUT2D eigenvalue weighted by molar-refractivity contribution is 5.76. The Labute approximate surface area is 191 Å². The van der Waals surface area contributed by atoms with Crippen molar-refractivity contribution in [1.82, 2.24) is 9.97 Å². The molecule has 0 spiro atoms. The van der Waals surface area contributed by atoms with Gasteiger partial charge in [-0.1, -0.05) is 12.0 Å². The van der Waals surface area contributed by atoms with Crippen LogP contribution in [0.5, 0.6) is 5.88 Å². The largest absolute Gasteiger partial charge is 0.463 e. The topological polar surface area (TPSA) is 91.9 Å². The summed E-state index contributed by atoms with van der Waals surface area (Å²) in [5.41, 5.74) is 3.82. The monoisotopic (exact) mass is 482 g/mol. The average molecular weight is 482 g/mol. The van der Waals surface area contributed by atoms with Crippen LogP contribution < -0.4 is 10.5 Å². The molecule has 0 radical (unpaired) electrons. The second-order valence-corrected chi connectivity index (χ2v) is 7.29. The molecule has 2 atom stereocenters. The molecule has 12 heteroatoms. The molecule has 7 nitrogen and oxygen atoms in total. The zero-order valence-corrected chi connectivity index (χ0v) is 17.8. The van der Waals surface area contributed by atoms with Crippen LogP contribution in [0.2, 0.25) is 0 Å². The van der Waals surface area contributed by atoms with Gasteiger partial charge in [0.05, 0.1) is 12.4 Å². The van der Waals surface area contributed by atoms with E-state index in [9.17, 15) is 22.0 Å². The number of hydrogen-bond donors (Lipinski definition) is 1. The lowest BCUT2D eigenvalue weighted by Crippen LogP contribution is -2.48. The molecule has 0 fully saturated rings. The number of halogens is 5. The van der Waals surface area contributed by atoms with Gasteiger partial charge in [-0.05, 0) is 30.7 Å². The Kier molecular flexibility index (Phi) is 7.36. The number of rotatable bonds is 7. The standard InChI is InChI=1S/C22H19F5N4O3/c1-3-6-32-19-10-29-17(9-30-19)16(24)8-13-4-5-15(23)14(7-13)21(2)18(11-33-20(28)31-21)34-12-22(25,26)27/h1,4-5,7-10,18H,6,11-12H2,2H3,(H2,28,31)/b16-8-. The highest BCUT2D eigenvalue weighted by Crippen LogP contribution is 2.37. The summed E-state index contributed by atoms with van der Waals surface area (Å²) >= 11 is 0. The Morgan fingerprint density at radius 3 is 2.76 bits per heavy atom. The Hall–Kier alpha value is -3.72. The molecule has 34 heavy (non-hydrogen) atoms. The minimum absolute atomic E-state index is 0.0326. The van der Waals surface area contributed by atoms with Gasteiger partial charge in [-0.3, -0.25) is 0 Å². The number of aromatic nitrogens is 2. The number of hydrogen-bond acceptors (Lipinski definition) is 7. The third-order valence-corrected chi connectivity index (χ3v) is 4.81. The second kappa shape index (κ2) is 10.0. The lowest BCUT2D eigenvalue weighted by Gasteiger charge is -2.38. The van der Waals surface area contributed by atoms with Gasteiger partial charge in [0.2, 0.25) is 5.88 Å². The van der Waals surface area contributed by atoms with Crippen LogP contribution in [0.4, 0.5) is 22.0 Å². The third kappa shape index (κ3) is 5.99. The number of terminal acetylenes is 1. The summed E-state index contributed by atoms with van der Waals surface area (Å²) in [4.78, 5) is 11.8. The maximum Gasteiger partial charge on any atom is 0.411 e. The van der Waals surface area contributed by atoms with E-state index < -0.39 is 36.1 Å². The van der Waals surface area contributed by atoms with E-state index in [1.165, 1.54) is 25.3 Å². The van der Waals surface area contributed by atoms with Crippen LogP contribution in [0, 0.1) is 18.2 Å². The van der Waals surface area contributed by atoms with Gasteiger partial charge >= 0.3 is 6.18 Å². The molecule has 2 heterocycles. The normalized spacial score (nSPS) is 20.8. The average Bonchev–Trinajstić information content (AvgIpc) is 2.78. The zero-order valence-electron chi connectivity index (χ0n) is 17.8. The summed E-state index contributed by atoms with van der Waals surface area (Å²) in [6.45, 7) is -0.664. The molecule has 1 aromatic carbocycles. The first-order valence-electron chi connectivity index (χ1n) is 9.74. The smallest absolute Gasteiger partial charge is 0.411 e. The van der Waals surface area contributed by atoms with Gasteiger partial charge in [-0.15, -0.1) is 6.42 Å². The quantitative estimate of drug-likeness (QED) is 0.479. The molecule has 3 rings (SSSR count). The molecule has 0 saturated heterocycles. The van der Waals surface area contributed by atoms with Crippen LogP contribution >= 0.6 is 0 Å². The van der Waals surface area contributed by atoms with Crippen molar-refractivity contribution in [3.8, 4) is 18.2 Å². The Bertz CT molecular complexity index is 1130. The van der Waals surface area contributed by atoms with Gasteiger partial charge in [0.25, 0.3) is 6.02 Å². The highest BCUT2D eigenvalue weighted by atomic mass is 19.4. The molecular formula is C22H19F5N4O3. The molecule has 1 aliphatic rings. The Morgan fingerprint density at radius 2 is 2.12 bits per heavy atom. The van der Waals surface area contributed by atoms with Gasteiger partial charge in [-0.25, -0.2) is 23.7 Å². The number of amidine groups is 1. The maximum absolute atomic E-state index is 14.8. The van der Waals surface area contributed by atoms with E-state index in [4.69, 9.17) is 26.4 Å². The van der Waals surface area contributed by atoms with Crippen molar-refractivity contribution in [2.24, 2.45) is 10.7 Å². The number of alkyl halides is 3. The van der Waals surface area contributed by atoms with E-state index in [1.54, 1.807) is 0 Å². The summed E-state index contributed by atoms with van der Waals surface area (Å²) in [7, 11) is 0. The van der Waals surface area contributed by atoms with Gasteiger partial charge in [0.1, 0.15) is 36.4 Å². The van der Waals surface area contributed by atoms with Gasteiger partial charge in [0.15, 0.2) is 12.4 Å². The summed E-state index contributed by atoms with van der Waals surface area (Å²) < 4.78 is 82.6. The molecule has 2 aromatic rings. The minimum atomic E-state index is -4.62. The molecule has 0 amide bonds. The molecule has 0 saturated carbocycles. The highest BCUT2D eigenvalue weighted by Gasteiger charge is 2.44. The first kappa shape index (κ1) is 24.9. The van der Waals surface area contributed by atoms with Gasteiger partial charge in [-0.2, -0.15) is 13.2 Å². The molecular weight excluding hydrogens is 463 g/mol. The van der Waals surface area contributed by atoms with Crippen LogP contribution in [0.3, 0.4) is 0 Å². The minimum Gasteiger partial charge on any atom is -0.463 e. The van der Waals surface area contributed by atoms with Crippen molar-refractivity contribution in [1.29, 1.82) is 0 Å². The fourth-order valence-corrected chi connectivity index (χ4v) is 3.17. The summed E-state index contributed by atoms with van der Waals surface area (Å²) in [6.07, 6.45) is 2.49. The summed E-state index contributed by atoms with van der Waals surface area (Å²) in [5, 5.41) is 0. The fraction of sp³-hybridized carbons (Fsp3) is 0.318. The third-order valence-electron chi connectivity index (χ3n) is 4.81. The molecule has 0 bridgehead atoms. The van der Waals surface area contributed by atoms with E-state index in [-0.39, 0.29) is 41.9 Å². The Morgan fingerprint density at radius 1 is 1.35 bits per heavy atom. The van der Waals surface area contributed by atoms with Crippen LogP contribution in [0.15, 0.2) is 35.6 Å². The first-order valence-corrected chi connectivity index (χ1v) is 9.74. The van der Waals surface area contributed by atoms with E-state index in [0.29, 0.717) is 0 Å². The van der Waals surface area contributed by atoms with Crippen molar-refractivity contribution >= 4 is 17.9 Å². The van der Waals surface area contributed by atoms with Gasteiger partial charge < -0.3 is 19.9 Å². The van der Waals surface area contributed by atoms with Crippen LogP contribution in [-0.4, -0.2) is 48.1 Å². The summed E-state index contributed by atoms with van der Waals surface area (Å²) in [6, 6.07) is 3.20. The van der Waals surface area contributed by atoms with Crippen molar-refractivity contribution < 1.29 is 36.2 Å². The van der Waals surface area contributed by atoms with Crippen molar-refractivity contribution in [3.63, 3.8) is 0 Å². The van der Waals surface area contributed by atoms with Crippen molar-refractivity contribution in [3.05, 3.63) is 53.2 Å². The number of ether oxygens (including phenoxy) is 3. The van der Waals surface area contributed by atoms with E-state index >= 15 is 0 Å². The molecule has 1 aliphatic heterocycles. The predicted molar refractivity (Wildman–Crippen MR) is 112 cm³/mol. The van der Waals surface area contributed by atoms with E-state index in [2.05, 4.69) is 20.9 Å². The molecule has 1 aromatic heterocycles. The molecule has 0 aliphatic carbocycles. The molecule has 2 unspecified atom stereocenters. The maximum atomic E-state index is 14.8. The number of nitrogens with two attached hydrogens (primary N) is 1. The second-order valence-electron chi connectivity index (χ2n) is 7.29. The fourth-order valence-electron chi connectivity index (χ4n) is 3.17. The van der Waals surface area contributed by atoms with Crippen LogP contribution in [-0.2, 0) is 15.0 Å². The SMILES string of the molecule is C#CCOc1cnc(/C(F)=C/c2ccc(F)c(C3(C)N=C(N)OCC3OCC(F)(F)F)c2)cn1.